The van der Waals surface area contributed by atoms with Gasteiger partial charge in [-0.25, -0.2) is 0 Å². The summed E-state index contributed by atoms with van der Waals surface area (Å²) in [6, 6.07) is 0. The highest BCUT2D eigenvalue weighted by Crippen LogP contribution is 2.30. The molecule has 4 nitrogen and oxygen atoms in total. The van der Waals surface area contributed by atoms with Gasteiger partial charge in [-0.1, -0.05) is 0 Å². The summed E-state index contributed by atoms with van der Waals surface area (Å²) in [6.45, 7) is 0.152. The lowest BCUT2D eigenvalue weighted by Crippen LogP contribution is -2.13. The lowest BCUT2D eigenvalue weighted by molar-refractivity contribution is 0.181. The van der Waals surface area contributed by atoms with E-state index in [-0.39, 0.29) is 6.54 Å². The second kappa shape index (κ2) is 4.55. The third-order valence-electron chi connectivity index (χ3n) is 1.68. The summed E-state index contributed by atoms with van der Waals surface area (Å²) in [5.41, 5.74) is 5.99. The number of aliphatic hydroxyl groups is 1. The molecule has 0 spiro atoms. The van der Waals surface area contributed by atoms with Crippen molar-refractivity contribution in [1.29, 1.82) is 0 Å². The Bertz CT molecular complexity index is 293. The zero-order valence-electron chi connectivity index (χ0n) is 7.20. The van der Waals surface area contributed by atoms with Crippen molar-refractivity contribution in [2.45, 2.75) is 6.10 Å². The number of nitrogens with zero attached hydrogens (tertiary/aromatic N) is 1. The average molecular weight is 247 g/mol. The molecule has 1 heterocycles. The van der Waals surface area contributed by atoms with Crippen LogP contribution in [0.2, 0.25) is 0 Å². The Kier molecular flexibility index (Phi) is 3.65. The minimum absolute atomic E-state index is 0.152. The minimum Gasteiger partial charge on any atom is -0.495 e. The summed E-state index contributed by atoms with van der Waals surface area (Å²) in [4.78, 5) is 3.91. The van der Waals surface area contributed by atoms with E-state index >= 15 is 0 Å². The monoisotopic (exact) mass is 246 g/mol. The molecule has 0 unspecified atom stereocenters. The predicted molar refractivity (Wildman–Crippen MR) is 52.5 cm³/mol. The number of rotatable bonds is 3. The van der Waals surface area contributed by atoms with E-state index in [2.05, 4.69) is 20.9 Å². The molecule has 1 aromatic rings. The molecule has 3 N–H and O–H groups in total. The lowest BCUT2D eigenvalue weighted by Gasteiger charge is -2.13. The maximum Gasteiger partial charge on any atom is 0.144 e. The molecule has 0 radical (unpaired) electrons. The molecule has 0 saturated heterocycles. The van der Waals surface area contributed by atoms with Crippen LogP contribution in [0, 0.1) is 0 Å². The van der Waals surface area contributed by atoms with Crippen LogP contribution in [0.4, 0.5) is 0 Å². The predicted octanol–water partition coefficient (Wildman–Crippen LogP) is 0.845. The molecule has 13 heavy (non-hydrogen) atoms. The van der Waals surface area contributed by atoms with Crippen molar-refractivity contribution in [3.8, 4) is 5.75 Å². The van der Waals surface area contributed by atoms with Crippen molar-refractivity contribution in [3.05, 3.63) is 22.4 Å². The van der Waals surface area contributed by atoms with Gasteiger partial charge in [-0.2, -0.15) is 0 Å². The van der Waals surface area contributed by atoms with Crippen LogP contribution in [0.15, 0.2) is 16.9 Å². The molecule has 0 bridgehead atoms. The summed E-state index contributed by atoms with van der Waals surface area (Å²) in [5, 5.41) is 9.56. The first-order valence-electron chi connectivity index (χ1n) is 3.76. The van der Waals surface area contributed by atoms with Crippen LogP contribution in [0.3, 0.4) is 0 Å². The van der Waals surface area contributed by atoms with E-state index in [1.54, 1.807) is 12.4 Å². The second-order valence-electron chi connectivity index (χ2n) is 2.49. The van der Waals surface area contributed by atoms with E-state index in [1.165, 1.54) is 7.11 Å². The molecular weight excluding hydrogens is 236 g/mol. The highest BCUT2D eigenvalue weighted by atomic mass is 79.9. The first-order chi connectivity index (χ1) is 6.20. The van der Waals surface area contributed by atoms with Crippen LogP contribution in [0.5, 0.6) is 5.75 Å². The van der Waals surface area contributed by atoms with Gasteiger partial charge in [0.25, 0.3) is 0 Å². The molecule has 0 aliphatic rings. The Morgan fingerprint density at radius 3 is 2.92 bits per heavy atom. The lowest BCUT2D eigenvalue weighted by atomic mass is 10.1. The third-order valence-corrected chi connectivity index (χ3v) is 2.31. The zero-order valence-corrected chi connectivity index (χ0v) is 8.78. The molecule has 1 atom stereocenters. The van der Waals surface area contributed by atoms with Gasteiger partial charge in [-0.3, -0.25) is 4.98 Å². The van der Waals surface area contributed by atoms with E-state index < -0.39 is 6.10 Å². The minimum atomic E-state index is -0.729. The fourth-order valence-corrected chi connectivity index (χ4v) is 1.61. The number of aromatic nitrogens is 1. The normalized spacial score (nSPS) is 12.6. The number of hydrogen-bond donors (Lipinski definition) is 2. The highest BCUT2D eigenvalue weighted by Gasteiger charge is 2.15. The maximum atomic E-state index is 9.56. The summed E-state index contributed by atoms with van der Waals surface area (Å²) < 4.78 is 5.74. The molecular formula is C8H11BrN2O2. The number of halogens is 1. The average Bonchev–Trinajstić information content (AvgIpc) is 2.16. The molecule has 5 heteroatoms. The van der Waals surface area contributed by atoms with Crippen LogP contribution in [-0.2, 0) is 0 Å². The summed E-state index contributed by atoms with van der Waals surface area (Å²) >= 11 is 3.27. The van der Waals surface area contributed by atoms with Crippen LogP contribution >= 0.6 is 15.9 Å². The van der Waals surface area contributed by atoms with Crippen molar-refractivity contribution >= 4 is 15.9 Å². The summed E-state index contributed by atoms with van der Waals surface area (Å²) in [7, 11) is 1.52. The van der Waals surface area contributed by atoms with Gasteiger partial charge in [0, 0.05) is 22.8 Å². The zero-order chi connectivity index (χ0) is 9.84. The maximum absolute atomic E-state index is 9.56. The van der Waals surface area contributed by atoms with E-state index in [0.717, 1.165) is 0 Å². The fraction of sp³-hybridized carbons (Fsp3) is 0.375. The number of ether oxygens (including phenoxy) is 1. The summed E-state index contributed by atoms with van der Waals surface area (Å²) in [5.74, 6) is 0.535. The van der Waals surface area contributed by atoms with E-state index in [9.17, 15) is 5.11 Å². The second-order valence-corrected chi connectivity index (χ2v) is 3.34. The Labute approximate surface area is 84.9 Å². The van der Waals surface area contributed by atoms with Crippen molar-refractivity contribution in [1.82, 2.24) is 4.98 Å². The fourth-order valence-electron chi connectivity index (χ4n) is 1.03. The van der Waals surface area contributed by atoms with Gasteiger partial charge >= 0.3 is 0 Å². The molecule has 1 rings (SSSR count). The molecule has 1 aromatic heterocycles. The van der Waals surface area contributed by atoms with Gasteiger partial charge in [0.1, 0.15) is 5.75 Å². The number of aliphatic hydroxyl groups excluding tert-OH is 1. The van der Waals surface area contributed by atoms with Crippen molar-refractivity contribution < 1.29 is 9.84 Å². The topological polar surface area (TPSA) is 68.4 Å². The Hall–Kier alpha value is -0.650. The first kappa shape index (κ1) is 10.4. The van der Waals surface area contributed by atoms with E-state index in [1.807, 2.05) is 0 Å². The van der Waals surface area contributed by atoms with Crippen LogP contribution in [0.1, 0.15) is 11.7 Å². The first-order valence-corrected chi connectivity index (χ1v) is 4.55. The van der Waals surface area contributed by atoms with Crippen molar-refractivity contribution in [2.75, 3.05) is 13.7 Å². The number of methoxy groups -OCH3 is 1. The standard InChI is InChI=1S/C8H11BrN2O2/c1-13-7-4-11-3-5(9)8(7)6(12)2-10/h3-4,6,12H,2,10H2,1H3/t6-/m0/s1. The van der Waals surface area contributed by atoms with E-state index in [0.29, 0.717) is 15.8 Å². The molecule has 0 amide bonds. The van der Waals surface area contributed by atoms with Crippen LogP contribution in [0.25, 0.3) is 0 Å². The molecule has 0 saturated carbocycles. The van der Waals surface area contributed by atoms with Crippen LogP contribution < -0.4 is 10.5 Å². The largest absolute Gasteiger partial charge is 0.495 e. The van der Waals surface area contributed by atoms with E-state index in [4.69, 9.17) is 10.5 Å². The highest BCUT2D eigenvalue weighted by molar-refractivity contribution is 9.10. The molecule has 0 aliphatic heterocycles. The third kappa shape index (κ3) is 2.18. The van der Waals surface area contributed by atoms with Crippen LogP contribution in [-0.4, -0.2) is 23.7 Å². The smallest absolute Gasteiger partial charge is 0.144 e. The van der Waals surface area contributed by atoms with Gasteiger partial charge in [-0.15, -0.1) is 0 Å². The van der Waals surface area contributed by atoms with Gasteiger partial charge in [-0.05, 0) is 15.9 Å². The molecule has 0 aromatic carbocycles. The number of pyridine rings is 1. The molecule has 72 valence electrons. The van der Waals surface area contributed by atoms with Gasteiger partial charge in [0.05, 0.1) is 19.4 Å². The van der Waals surface area contributed by atoms with Crippen molar-refractivity contribution in [2.24, 2.45) is 5.73 Å². The SMILES string of the molecule is COc1cncc(Br)c1[C@@H](O)CN. The number of hydrogen-bond acceptors (Lipinski definition) is 4. The molecule has 0 fully saturated rings. The van der Waals surface area contributed by atoms with Gasteiger partial charge in [0.2, 0.25) is 0 Å². The molecule has 0 aliphatic carbocycles. The Balaban J connectivity index is 3.14. The Morgan fingerprint density at radius 1 is 1.69 bits per heavy atom. The number of nitrogens with two attached hydrogens (primary N) is 1. The van der Waals surface area contributed by atoms with Gasteiger partial charge < -0.3 is 15.6 Å². The quantitative estimate of drug-likeness (QED) is 0.830. The van der Waals surface area contributed by atoms with Crippen molar-refractivity contribution in [3.63, 3.8) is 0 Å². The Morgan fingerprint density at radius 2 is 2.38 bits per heavy atom. The summed E-state index contributed by atoms with van der Waals surface area (Å²) in [6.07, 6.45) is 2.41. The van der Waals surface area contributed by atoms with Gasteiger partial charge in [0.15, 0.2) is 0 Å².